The van der Waals surface area contributed by atoms with Crippen LogP contribution in [-0.2, 0) is 11.8 Å². The van der Waals surface area contributed by atoms with Crippen LogP contribution < -0.4 is 5.32 Å². The van der Waals surface area contributed by atoms with E-state index >= 15 is 0 Å². The van der Waals surface area contributed by atoms with Crippen molar-refractivity contribution in [1.29, 1.82) is 0 Å². The molecule has 0 unspecified atom stereocenters. The zero-order valence-electron chi connectivity index (χ0n) is 15.1. The van der Waals surface area contributed by atoms with Gasteiger partial charge in [0.25, 0.3) is 5.91 Å². The molecule has 28 heavy (non-hydrogen) atoms. The molecule has 3 aromatic rings. The highest BCUT2D eigenvalue weighted by Gasteiger charge is 2.23. The van der Waals surface area contributed by atoms with Crippen LogP contribution in [-0.4, -0.2) is 46.7 Å². The molecule has 1 N–H and O–H groups in total. The normalized spacial score (nSPS) is 14.0. The number of morpholine rings is 1. The van der Waals surface area contributed by atoms with Crippen LogP contribution in [0.1, 0.15) is 10.4 Å². The number of nitrogens with one attached hydrogen (secondary N) is 1. The quantitative estimate of drug-likeness (QED) is 0.720. The maximum atomic E-state index is 14.0. The molecule has 1 saturated heterocycles. The van der Waals surface area contributed by atoms with Gasteiger partial charge in [0, 0.05) is 44.0 Å². The van der Waals surface area contributed by atoms with Crippen molar-refractivity contribution in [2.24, 2.45) is 7.05 Å². The minimum absolute atomic E-state index is 0. The van der Waals surface area contributed by atoms with E-state index in [0.29, 0.717) is 48.6 Å². The second-order valence-electron chi connectivity index (χ2n) is 6.36. The first kappa shape index (κ1) is 20.0. The molecule has 9 heteroatoms. The predicted octanol–water partition coefficient (Wildman–Crippen LogP) is 3.49. The Morgan fingerprint density at radius 3 is 2.71 bits per heavy atom. The smallest absolute Gasteiger partial charge is 0.257 e. The number of rotatable bonds is 3. The lowest BCUT2D eigenvalue weighted by molar-refractivity contribution is 0.0303. The number of aromatic nitrogens is 2. The van der Waals surface area contributed by atoms with E-state index < -0.39 is 11.6 Å². The van der Waals surface area contributed by atoms with Gasteiger partial charge in [-0.3, -0.25) is 4.79 Å². The fourth-order valence-electron chi connectivity index (χ4n) is 3.23. The zero-order valence-corrected chi connectivity index (χ0v) is 15.9. The lowest BCUT2D eigenvalue weighted by Gasteiger charge is -2.27. The Labute approximate surface area is 166 Å². The van der Waals surface area contributed by atoms with Crippen molar-refractivity contribution in [3.05, 3.63) is 53.9 Å². The first-order valence-electron chi connectivity index (χ1n) is 8.58. The lowest BCUT2D eigenvalue weighted by Crippen LogP contribution is -2.40. The van der Waals surface area contributed by atoms with Gasteiger partial charge in [-0.05, 0) is 18.2 Å². The maximum Gasteiger partial charge on any atom is 0.257 e. The molecule has 148 valence electrons. The van der Waals surface area contributed by atoms with Crippen molar-refractivity contribution in [2.75, 3.05) is 31.6 Å². The highest BCUT2D eigenvalue weighted by molar-refractivity contribution is 6.08. The zero-order chi connectivity index (χ0) is 19.0. The van der Waals surface area contributed by atoms with E-state index in [1.54, 1.807) is 17.2 Å². The summed E-state index contributed by atoms with van der Waals surface area (Å²) in [6.45, 7) is 2.07. The molecule has 0 saturated carbocycles. The average molecular weight is 409 g/mol. The van der Waals surface area contributed by atoms with Crippen LogP contribution in [0.3, 0.4) is 0 Å². The van der Waals surface area contributed by atoms with E-state index in [2.05, 4.69) is 10.3 Å². The number of carbonyl (C=O) groups is 1. The Kier molecular flexibility index (Phi) is 5.81. The van der Waals surface area contributed by atoms with Crippen LogP contribution in [0, 0.1) is 11.6 Å². The van der Waals surface area contributed by atoms with Gasteiger partial charge in [-0.15, -0.1) is 12.4 Å². The van der Waals surface area contributed by atoms with Crippen molar-refractivity contribution in [1.82, 2.24) is 14.5 Å². The second kappa shape index (κ2) is 8.12. The van der Waals surface area contributed by atoms with E-state index in [1.807, 2.05) is 11.6 Å². The van der Waals surface area contributed by atoms with Gasteiger partial charge in [0.1, 0.15) is 17.5 Å². The van der Waals surface area contributed by atoms with E-state index in [9.17, 15) is 13.6 Å². The molecule has 0 atom stereocenters. The number of pyridine rings is 1. The molecule has 0 radical (unpaired) electrons. The number of fused-ring (bicyclic) bond motifs is 1. The summed E-state index contributed by atoms with van der Waals surface area (Å²) in [5.74, 6) is -0.909. The number of anilines is 2. The van der Waals surface area contributed by atoms with Gasteiger partial charge in [-0.2, -0.15) is 0 Å². The first-order valence-corrected chi connectivity index (χ1v) is 8.58. The van der Waals surface area contributed by atoms with Gasteiger partial charge in [0.15, 0.2) is 0 Å². The van der Waals surface area contributed by atoms with E-state index in [0.717, 1.165) is 18.2 Å². The van der Waals surface area contributed by atoms with Gasteiger partial charge in [0.05, 0.1) is 30.0 Å². The standard InChI is InChI=1S/C19H18F2N4O2.ClH/c1-24-5-4-13-17(24)14(19(26)25-6-8-27-9-7-25)11-22-18(13)23-16-10-12(20)2-3-15(16)21;/h2-5,10-11H,6-9H2,1H3,(H,22,23);1H. The summed E-state index contributed by atoms with van der Waals surface area (Å²) in [7, 11) is 1.82. The van der Waals surface area contributed by atoms with Crippen molar-refractivity contribution in [2.45, 2.75) is 0 Å². The van der Waals surface area contributed by atoms with Gasteiger partial charge < -0.3 is 19.5 Å². The highest BCUT2D eigenvalue weighted by Crippen LogP contribution is 2.29. The second-order valence-corrected chi connectivity index (χ2v) is 6.36. The third-order valence-corrected chi connectivity index (χ3v) is 4.62. The molecule has 0 spiro atoms. The largest absolute Gasteiger partial charge is 0.378 e. The number of nitrogens with zero attached hydrogens (tertiary/aromatic N) is 3. The number of carbonyl (C=O) groups excluding carboxylic acids is 1. The fraction of sp³-hybridized carbons (Fsp3) is 0.263. The molecule has 3 heterocycles. The summed E-state index contributed by atoms with van der Waals surface area (Å²) in [5, 5.41) is 3.48. The van der Waals surface area contributed by atoms with Crippen molar-refractivity contribution < 1.29 is 18.3 Å². The Morgan fingerprint density at radius 1 is 1.21 bits per heavy atom. The topological polar surface area (TPSA) is 59.4 Å². The summed E-state index contributed by atoms with van der Waals surface area (Å²) >= 11 is 0. The summed E-state index contributed by atoms with van der Waals surface area (Å²) in [5.41, 5.74) is 1.13. The molecule has 1 aromatic carbocycles. The van der Waals surface area contributed by atoms with E-state index in [4.69, 9.17) is 4.74 Å². The third-order valence-electron chi connectivity index (χ3n) is 4.62. The predicted molar refractivity (Wildman–Crippen MR) is 104 cm³/mol. The molecule has 0 aliphatic carbocycles. The molecule has 1 aliphatic rings. The summed E-state index contributed by atoms with van der Waals surface area (Å²) < 4.78 is 34.5. The minimum atomic E-state index is -0.587. The summed E-state index contributed by atoms with van der Waals surface area (Å²) in [6, 6.07) is 4.96. The fourth-order valence-corrected chi connectivity index (χ4v) is 3.23. The van der Waals surface area contributed by atoms with Gasteiger partial charge >= 0.3 is 0 Å². The summed E-state index contributed by atoms with van der Waals surface area (Å²) in [4.78, 5) is 19.0. The molecule has 0 bridgehead atoms. The number of aryl methyl sites for hydroxylation is 1. The van der Waals surface area contributed by atoms with Crippen molar-refractivity contribution in [3.63, 3.8) is 0 Å². The van der Waals surface area contributed by atoms with E-state index in [-0.39, 0.29) is 24.0 Å². The molecule has 1 aliphatic heterocycles. The molecule has 1 amide bonds. The Morgan fingerprint density at radius 2 is 1.96 bits per heavy atom. The Hall–Kier alpha value is -2.71. The maximum absolute atomic E-state index is 14.0. The summed E-state index contributed by atoms with van der Waals surface area (Å²) in [6.07, 6.45) is 3.27. The molecular weight excluding hydrogens is 390 g/mol. The number of benzene rings is 1. The van der Waals surface area contributed by atoms with Crippen LogP contribution in [0.15, 0.2) is 36.7 Å². The number of hydrogen-bond acceptors (Lipinski definition) is 4. The van der Waals surface area contributed by atoms with Gasteiger partial charge in [-0.25, -0.2) is 13.8 Å². The minimum Gasteiger partial charge on any atom is -0.378 e. The van der Waals surface area contributed by atoms with Crippen LogP contribution in [0.5, 0.6) is 0 Å². The molecular formula is C19H19ClF2N4O2. The number of hydrogen-bond donors (Lipinski definition) is 1. The van der Waals surface area contributed by atoms with Crippen molar-refractivity contribution >= 4 is 40.7 Å². The van der Waals surface area contributed by atoms with Crippen LogP contribution in [0.25, 0.3) is 10.9 Å². The number of ether oxygens (including phenoxy) is 1. The van der Waals surface area contributed by atoms with Gasteiger partial charge in [0.2, 0.25) is 0 Å². The van der Waals surface area contributed by atoms with Crippen LogP contribution in [0.4, 0.5) is 20.3 Å². The highest BCUT2D eigenvalue weighted by atomic mass is 35.5. The number of amides is 1. The SMILES string of the molecule is Cl.Cn1ccc2c(Nc3cc(F)ccc3F)ncc(C(=O)N3CCOCC3)c21. The number of halogens is 3. The molecule has 2 aromatic heterocycles. The first-order chi connectivity index (χ1) is 13.0. The molecule has 1 fully saturated rings. The monoisotopic (exact) mass is 408 g/mol. The van der Waals surface area contributed by atoms with Crippen molar-refractivity contribution in [3.8, 4) is 0 Å². The Balaban J connectivity index is 0.00000225. The lowest BCUT2D eigenvalue weighted by atomic mass is 10.1. The third kappa shape index (κ3) is 3.65. The van der Waals surface area contributed by atoms with E-state index in [1.165, 1.54) is 6.20 Å². The van der Waals surface area contributed by atoms with Gasteiger partial charge in [-0.1, -0.05) is 0 Å². The molecule has 4 rings (SSSR count). The van der Waals surface area contributed by atoms with Crippen LogP contribution >= 0.6 is 12.4 Å². The van der Waals surface area contributed by atoms with Crippen LogP contribution in [0.2, 0.25) is 0 Å². The average Bonchev–Trinajstić information content (AvgIpc) is 3.07. The molecule has 6 nitrogen and oxygen atoms in total. The Bertz CT molecular complexity index is 1020.